The van der Waals surface area contributed by atoms with E-state index in [1.807, 2.05) is 19.1 Å². The van der Waals surface area contributed by atoms with Crippen molar-refractivity contribution in [1.29, 1.82) is 0 Å². The highest BCUT2D eigenvalue weighted by Crippen LogP contribution is 2.37. The Bertz CT molecular complexity index is 1130. The van der Waals surface area contributed by atoms with Crippen LogP contribution in [0, 0.1) is 5.92 Å². The molecule has 8 heteroatoms. The van der Waals surface area contributed by atoms with Crippen molar-refractivity contribution in [2.24, 2.45) is 5.92 Å². The van der Waals surface area contributed by atoms with E-state index < -0.39 is 5.54 Å². The average molecular weight is 478 g/mol. The number of hydrogen-bond acceptors (Lipinski definition) is 5. The lowest BCUT2D eigenvalue weighted by atomic mass is 9.78. The number of likely N-dealkylation sites (tertiary alicyclic amines) is 1. The van der Waals surface area contributed by atoms with Crippen LogP contribution in [0.3, 0.4) is 0 Å². The molecular weight excluding hydrogens is 446 g/mol. The molecule has 2 aliphatic heterocycles. The first-order valence-electron chi connectivity index (χ1n) is 12.1. The van der Waals surface area contributed by atoms with Crippen molar-refractivity contribution in [3.63, 3.8) is 0 Å². The Hall–Kier alpha value is -3.55. The fourth-order valence-electron chi connectivity index (χ4n) is 5.78. The van der Waals surface area contributed by atoms with Gasteiger partial charge in [-0.15, -0.1) is 0 Å². The quantitative estimate of drug-likeness (QED) is 0.669. The van der Waals surface area contributed by atoms with Crippen molar-refractivity contribution in [3.05, 3.63) is 59.2 Å². The van der Waals surface area contributed by atoms with Gasteiger partial charge in [0.05, 0.1) is 14.2 Å². The monoisotopic (exact) mass is 477 g/mol. The minimum absolute atomic E-state index is 0.0448. The largest absolute Gasteiger partial charge is 0.497 e. The van der Waals surface area contributed by atoms with E-state index in [0.717, 1.165) is 0 Å². The van der Waals surface area contributed by atoms with Crippen molar-refractivity contribution < 1.29 is 23.9 Å². The zero-order valence-corrected chi connectivity index (χ0v) is 20.4. The van der Waals surface area contributed by atoms with Gasteiger partial charge in [-0.3, -0.25) is 14.5 Å². The normalized spacial score (nSPS) is 22.8. The molecule has 2 fully saturated rings. The number of carbonyl (C=O) groups excluding carboxylic acids is 3. The Morgan fingerprint density at radius 1 is 0.971 bits per heavy atom. The lowest BCUT2D eigenvalue weighted by Gasteiger charge is -2.39. The summed E-state index contributed by atoms with van der Waals surface area (Å²) >= 11 is 0. The number of nitrogens with zero attached hydrogens (tertiary/aromatic N) is 2. The topological polar surface area (TPSA) is 88.2 Å². The van der Waals surface area contributed by atoms with Gasteiger partial charge in [-0.25, -0.2) is 4.79 Å². The van der Waals surface area contributed by atoms with E-state index in [1.165, 1.54) is 16.0 Å². The maximum absolute atomic E-state index is 13.6. The summed E-state index contributed by atoms with van der Waals surface area (Å²) in [5, 5.41) is 3.01. The molecule has 2 aromatic rings. The first kappa shape index (κ1) is 23.2. The molecule has 8 nitrogen and oxygen atoms in total. The van der Waals surface area contributed by atoms with Gasteiger partial charge in [0, 0.05) is 30.8 Å². The summed E-state index contributed by atoms with van der Waals surface area (Å²) in [7, 11) is 3.10. The Morgan fingerprint density at radius 2 is 1.54 bits per heavy atom. The summed E-state index contributed by atoms with van der Waals surface area (Å²) in [5.41, 5.74) is 1.95. The number of piperidine rings is 1. The molecule has 2 aromatic carbocycles. The van der Waals surface area contributed by atoms with E-state index in [9.17, 15) is 14.4 Å². The van der Waals surface area contributed by atoms with Crippen LogP contribution < -0.4 is 14.8 Å². The van der Waals surface area contributed by atoms with Crippen LogP contribution in [0.1, 0.15) is 41.3 Å². The van der Waals surface area contributed by atoms with Crippen LogP contribution in [0.2, 0.25) is 0 Å². The highest BCUT2D eigenvalue weighted by Gasteiger charge is 2.55. The van der Waals surface area contributed by atoms with Crippen LogP contribution in [0.15, 0.2) is 42.5 Å². The fraction of sp³-hybridized carbons (Fsp3) is 0.444. The van der Waals surface area contributed by atoms with Gasteiger partial charge >= 0.3 is 6.03 Å². The number of amides is 4. The number of benzene rings is 2. The number of ether oxygens (including phenoxy) is 2. The minimum atomic E-state index is -0.958. The van der Waals surface area contributed by atoms with Crippen molar-refractivity contribution in [2.75, 3.05) is 27.3 Å². The third-order valence-corrected chi connectivity index (χ3v) is 7.84. The highest BCUT2D eigenvalue weighted by atomic mass is 16.5. The number of rotatable bonds is 5. The maximum atomic E-state index is 13.6. The molecule has 4 amide bonds. The first-order valence-corrected chi connectivity index (χ1v) is 12.1. The van der Waals surface area contributed by atoms with Crippen molar-refractivity contribution in [3.8, 4) is 11.5 Å². The molecule has 1 unspecified atom stereocenters. The zero-order valence-electron chi connectivity index (χ0n) is 20.4. The SMILES string of the molecule is COc1cc(OC)cc(C(=O)N2CCC(C3(C)NC(=O)N(C4Cc5ccccc5C4)C3=O)CC2)c1. The zero-order chi connectivity index (χ0) is 24.7. The molecule has 0 aromatic heterocycles. The second-order valence-corrected chi connectivity index (χ2v) is 9.81. The molecule has 0 saturated carbocycles. The Kier molecular flexibility index (Phi) is 5.91. The van der Waals surface area contributed by atoms with Crippen molar-refractivity contribution >= 4 is 17.8 Å². The average Bonchev–Trinajstić information content (AvgIpc) is 3.40. The second-order valence-electron chi connectivity index (χ2n) is 9.81. The number of urea groups is 1. The lowest BCUT2D eigenvalue weighted by molar-refractivity contribution is -0.134. The van der Waals surface area contributed by atoms with Gasteiger partial charge in [0.15, 0.2) is 0 Å². The smallest absolute Gasteiger partial charge is 0.325 e. The molecule has 1 atom stereocenters. The number of hydrogen-bond donors (Lipinski definition) is 1. The van der Waals surface area contributed by atoms with Gasteiger partial charge in [0.2, 0.25) is 0 Å². The van der Waals surface area contributed by atoms with Gasteiger partial charge in [0.1, 0.15) is 17.0 Å². The molecule has 5 rings (SSSR count). The lowest BCUT2D eigenvalue weighted by Crippen LogP contribution is -2.55. The molecule has 0 bridgehead atoms. The van der Waals surface area contributed by atoms with E-state index in [-0.39, 0.29) is 29.8 Å². The highest BCUT2D eigenvalue weighted by molar-refractivity contribution is 6.07. The van der Waals surface area contributed by atoms with E-state index in [1.54, 1.807) is 37.3 Å². The van der Waals surface area contributed by atoms with E-state index in [2.05, 4.69) is 17.4 Å². The minimum Gasteiger partial charge on any atom is -0.497 e. The van der Waals surface area contributed by atoms with Crippen LogP contribution in [0.25, 0.3) is 0 Å². The number of fused-ring (bicyclic) bond motifs is 1. The van der Waals surface area contributed by atoms with Gasteiger partial charge in [-0.05, 0) is 61.8 Å². The Balaban J connectivity index is 1.26. The Morgan fingerprint density at radius 3 is 2.09 bits per heavy atom. The van der Waals surface area contributed by atoms with E-state index >= 15 is 0 Å². The second kappa shape index (κ2) is 8.91. The molecule has 184 valence electrons. The number of carbonyl (C=O) groups is 3. The standard InChI is InChI=1S/C27H31N3O5/c1-27(25(32)30(26(33)28-27)21-12-17-6-4-5-7-18(17)13-21)20-8-10-29(11-9-20)24(31)19-14-22(34-2)16-23(15-19)35-3/h4-7,14-16,20-21H,8-13H2,1-3H3,(H,28,33). The Labute approximate surface area is 205 Å². The number of methoxy groups -OCH3 is 2. The summed E-state index contributed by atoms with van der Waals surface area (Å²) < 4.78 is 10.6. The van der Waals surface area contributed by atoms with Crippen LogP contribution in [0.4, 0.5) is 4.79 Å². The van der Waals surface area contributed by atoms with Gasteiger partial charge in [-0.2, -0.15) is 0 Å². The predicted octanol–water partition coefficient (Wildman–Crippen LogP) is 3.03. The number of nitrogens with one attached hydrogen (secondary N) is 1. The predicted molar refractivity (Wildman–Crippen MR) is 130 cm³/mol. The third-order valence-electron chi connectivity index (χ3n) is 7.84. The number of imide groups is 1. The molecule has 1 aliphatic carbocycles. The molecule has 2 saturated heterocycles. The van der Waals surface area contributed by atoms with Gasteiger partial charge in [-0.1, -0.05) is 24.3 Å². The summed E-state index contributed by atoms with van der Waals surface area (Å²) in [6, 6.07) is 12.8. The first-order chi connectivity index (χ1) is 16.8. The van der Waals surface area contributed by atoms with Crippen LogP contribution >= 0.6 is 0 Å². The molecule has 35 heavy (non-hydrogen) atoms. The summed E-state index contributed by atoms with van der Waals surface area (Å²) in [4.78, 5) is 43.0. The summed E-state index contributed by atoms with van der Waals surface area (Å²) in [5.74, 6) is 0.823. The van der Waals surface area contributed by atoms with Gasteiger partial charge < -0.3 is 19.7 Å². The molecular formula is C27H31N3O5. The van der Waals surface area contributed by atoms with Crippen LogP contribution in [-0.2, 0) is 17.6 Å². The molecule has 2 heterocycles. The van der Waals surface area contributed by atoms with Crippen molar-refractivity contribution in [1.82, 2.24) is 15.1 Å². The molecule has 0 spiro atoms. The summed E-state index contributed by atoms with van der Waals surface area (Å²) in [6.45, 7) is 2.86. The molecule has 0 radical (unpaired) electrons. The van der Waals surface area contributed by atoms with Gasteiger partial charge in [0.25, 0.3) is 11.8 Å². The summed E-state index contributed by atoms with van der Waals surface area (Å²) in [6.07, 6.45) is 2.66. The maximum Gasteiger partial charge on any atom is 0.325 e. The van der Waals surface area contributed by atoms with E-state index in [4.69, 9.17) is 9.47 Å². The third kappa shape index (κ3) is 4.00. The molecule has 1 N–H and O–H groups in total. The molecule has 3 aliphatic rings. The van der Waals surface area contributed by atoms with Crippen LogP contribution in [0.5, 0.6) is 11.5 Å². The fourth-order valence-corrected chi connectivity index (χ4v) is 5.78. The van der Waals surface area contributed by atoms with Crippen LogP contribution in [-0.4, -0.2) is 66.5 Å². The van der Waals surface area contributed by atoms with E-state index in [0.29, 0.717) is 55.8 Å². The van der Waals surface area contributed by atoms with Crippen molar-refractivity contribution in [2.45, 2.75) is 44.2 Å².